The highest BCUT2D eigenvalue weighted by atomic mass is 31.2. The highest BCUT2D eigenvalue weighted by Gasteiger charge is 2.35. The lowest BCUT2D eigenvalue weighted by Gasteiger charge is -2.21. The molecule has 1 aromatic carbocycles. The van der Waals surface area contributed by atoms with Gasteiger partial charge in [-0.3, -0.25) is 4.57 Å². The van der Waals surface area contributed by atoms with E-state index in [1.54, 1.807) is 20.8 Å². The van der Waals surface area contributed by atoms with E-state index in [0.29, 0.717) is 5.69 Å². The standard InChI is InChI=1S/C16H22F3N4O3P/c1-4-25-27(24,26-5-2)10-22-14-7-15(23-8-11(3)21-9-23)12(6-13(14)20)16(17,18)19/h6-9,22H,4-5,10,20H2,1-3H3. The molecule has 150 valence electrons. The summed E-state index contributed by atoms with van der Waals surface area (Å²) in [5, 5.41) is 2.78. The molecule has 11 heteroatoms. The summed E-state index contributed by atoms with van der Waals surface area (Å²) in [5.41, 5.74) is 5.35. The smallest absolute Gasteiger partial charge is 0.397 e. The number of benzene rings is 1. The molecule has 0 saturated carbocycles. The zero-order valence-corrected chi connectivity index (χ0v) is 16.1. The fourth-order valence-electron chi connectivity index (χ4n) is 2.46. The Morgan fingerprint density at radius 3 is 2.37 bits per heavy atom. The molecule has 0 amide bonds. The van der Waals surface area contributed by atoms with Crippen LogP contribution in [0.15, 0.2) is 24.7 Å². The molecule has 1 heterocycles. The normalized spacial score (nSPS) is 12.4. The number of alkyl halides is 3. The Kier molecular flexibility index (Phi) is 6.56. The highest BCUT2D eigenvalue weighted by molar-refractivity contribution is 7.53. The minimum Gasteiger partial charge on any atom is -0.397 e. The first-order chi connectivity index (χ1) is 12.6. The van der Waals surface area contributed by atoms with Crippen molar-refractivity contribution in [2.75, 3.05) is 30.6 Å². The van der Waals surface area contributed by atoms with Crippen molar-refractivity contribution in [1.29, 1.82) is 0 Å². The van der Waals surface area contributed by atoms with Crippen LogP contribution < -0.4 is 11.1 Å². The fourth-order valence-corrected chi connectivity index (χ4v) is 3.86. The van der Waals surface area contributed by atoms with E-state index < -0.39 is 19.3 Å². The highest BCUT2D eigenvalue weighted by Crippen LogP contribution is 2.48. The Labute approximate surface area is 155 Å². The number of nitrogens with two attached hydrogens (primary N) is 1. The third-order valence-electron chi connectivity index (χ3n) is 3.58. The molecule has 0 bridgehead atoms. The quantitative estimate of drug-likeness (QED) is 0.498. The second kappa shape index (κ2) is 8.33. The molecule has 0 aliphatic heterocycles. The number of nitrogen functional groups attached to an aromatic ring is 1. The van der Waals surface area contributed by atoms with Gasteiger partial charge in [0.05, 0.1) is 47.9 Å². The summed E-state index contributed by atoms with van der Waals surface area (Å²) in [5.74, 6) is 0. The number of hydrogen-bond donors (Lipinski definition) is 2. The maximum atomic E-state index is 13.4. The van der Waals surface area contributed by atoms with Crippen LogP contribution >= 0.6 is 7.60 Å². The van der Waals surface area contributed by atoms with Gasteiger partial charge >= 0.3 is 13.8 Å². The molecule has 2 aromatic rings. The Morgan fingerprint density at radius 2 is 1.89 bits per heavy atom. The summed E-state index contributed by atoms with van der Waals surface area (Å²) in [6, 6.07) is 2.07. The molecular formula is C16H22F3N4O3P. The second-order valence-corrected chi connectivity index (χ2v) is 7.71. The zero-order valence-electron chi connectivity index (χ0n) is 15.2. The van der Waals surface area contributed by atoms with Gasteiger partial charge in [0, 0.05) is 6.20 Å². The van der Waals surface area contributed by atoms with Crippen molar-refractivity contribution in [3.05, 3.63) is 35.9 Å². The molecule has 0 unspecified atom stereocenters. The maximum absolute atomic E-state index is 13.4. The molecule has 0 aliphatic carbocycles. The summed E-state index contributed by atoms with van der Waals surface area (Å²) in [6.45, 7) is 5.33. The second-order valence-electron chi connectivity index (χ2n) is 5.66. The van der Waals surface area contributed by atoms with E-state index in [4.69, 9.17) is 14.8 Å². The van der Waals surface area contributed by atoms with Gasteiger partial charge in [-0.15, -0.1) is 0 Å². The van der Waals surface area contributed by atoms with Crippen LogP contribution in [0.1, 0.15) is 25.1 Å². The number of halogens is 3. The van der Waals surface area contributed by atoms with Gasteiger partial charge in [0.2, 0.25) is 0 Å². The molecule has 3 N–H and O–H groups in total. The molecule has 1 aromatic heterocycles. The topological polar surface area (TPSA) is 91.4 Å². The van der Waals surface area contributed by atoms with Crippen molar-refractivity contribution >= 4 is 19.0 Å². The Hall–Kier alpha value is -2.03. The number of aryl methyl sites for hydroxylation is 1. The van der Waals surface area contributed by atoms with Crippen molar-refractivity contribution in [3.8, 4) is 5.69 Å². The van der Waals surface area contributed by atoms with Crippen molar-refractivity contribution < 1.29 is 26.8 Å². The maximum Gasteiger partial charge on any atom is 0.418 e. The summed E-state index contributed by atoms with van der Waals surface area (Å²) in [6.07, 6.45) is -2.08. The third-order valence-corrected chi connectivity index (χ3v) is 5.43. The van der Waals surface area contributed by atoms with E-state index in [9.17, 15) is 17.7 Å². The van der Waals surface area contributed by atoms with Gasteiger partial charge in [0.1, 0.15) is 6.29 Å². The Balaban J connectivity index is 2.42. The van der Waals surface area contributed by atoms with Gasteiger partial charge < -0.3 is 24.7 Å². The van der Waals surface area contributed by atoms with Gasteiger partial charge in [-0.1, -0.05) is 0 Å². The average Bonchev–Trinajstić information content (AvgIpc) is 2.99. The lowest BCUT2D eigenvalue weighted by Crippen LogP contribution is -2.14. The van der Waals surface area contributed by atoms with Crippen LogP contribution in [0.2, 0.25) is 0 Å². The molecule has 0 atom stereocenters. The summed E-state index contributed by atoms with van der Waals surface area (Å²) < 4.78 is 64.4. The van der Waals surface area contributed by atoms with Crippen LogP contribution in [-0.2, 0) is 19.8 Å². The number of nitrogens with one attached hydrogen (secondary N) is 1. The average molecular weight is 406 g/mol. The molecule has 2 rings (SSSR count). The number of nitrogens with zero attached hydrogens (tertiary/aromatic N) is 2. The van der Waals surface area contributed by atoms with Crippen LogP contribution in [0.25, 0.3) is 5.69 Å². The molecule has 0 fully saturated rings. The largest absolute Gasteiger partial charge is 0.418 e. The van der Waals surface area contributed by atoms with Crippen molar-refractivity contribution in [2.45, 2.75) is 26.9 Å². The van der Waals surface area contributed by atoms with E-state index in [0.717, 1.165) is 6.07 Å². The lowest BCUT2D eigenvalue weighted by atomic mass is 10.1. The summed E-state index contributed by atoms with van der Waals surface area (Å²) in [4.78, 5) is 3.96. The monoisotopic (exact) mass is 406 g/mol. The van der Waals surface area contributed by atoms with E-state index in [1.807, 2.05) is 0 Å². The first kappa shape index (κ1) is 21.3. The van der Waals surface area contributed by atoms with Gasteiger partial charge in [0.15, 0.2) is 0 Å². The number of aromatic nitrogens is 2. The Bertz CT molecular complexity index is 829. The minimum atomic E-state index is -4.61. The molecule has 0 spiro atoms. The fraction of sp³-hybridized carbons (Fsp3) is 0.438. The van der Waals surface area contributed by atoms with Crippen molar-refractivity contribution in [3.63, 3.8) is 0 Å². The van der Waals surface area contributed by atoms with Gasteiger partial charge in [-0.05, 0) is 32.9 Å². The minimum absolute atomic E-state index is 0.137. The molecule has 7 nitrogen and oxygen atoms in total. The predicted octanol–water partition coefficient (Wildman–Crippen LogP) is 4.42. The predicted molar refractivity (Wildman–Crippen MR) is 97.1 cm³/mol. The van der Waals surface area contributed by atoms with E-state index in [-0.39, 0.29) is 36.6 Å². The lowest BCUT2D eigenvalue weighted by molar-refractivity contribution is -0.137. The summed E-state index contributed by atoms with van der Waals surface area (Å²) in [7, 11) is -3.44. The molecular weight excluding hydrogens is 384 g/mol. The van der Waals surface area contributed by atoms with Crippen LogP contribution in [0.3, 0.4) is 0 Å². The first-order valence-corrected chi connectivity index (χ1v) is 9.96. The van der Waals surface area contributed by atoms with Gasteiger partial charge in [-0.2, -0.15) is 13.2 Å². The van der Waals surface area contributed by atoms with Crippen molar-refractivity contribution in [2.24, 2.45) is 0 Å². The van der Waals surface area contributed by atoms with Crippen LogP contribution in [0.5, 0.6) is 0 Å². The van der Waals surface area contributed by atoms with E-state index in [1.165, 1.54) is 23.2 Å². The molecule has 27 heavy (non-hydrogen) atoms. The van der Waals surface area contributed by atoms with Crippen molar-refractivity contribution in [1.82, 2.24) is 9.55 Å². The molecule has 0 aliphatic rings. The van der Waals surface area contributed by atoms with Crippen LogP contribution in [0.4, 0.5) is 24.5 Å². The molecule has 0 saturated heterocycles. The van der Waals surface area contributed by atoms with Crippen LogP contribution in [-0.4, -0.2) is 29.1 Å². The van der Waals surface area contributed by atoms with E-state index >= 15 is 0 Å². The van der Waals surface area contributed by atoms with Gasteiger partial charge in [0.25, 0.3) is 0 Å². The molecule has 0 radical (unpaired) electrons. The van der Waals surface area contributed by atoms with Gasteiger partial charge in [-0.25, -0.2) is 4.98 Å². The number of imidazole rings is 1. The SMILES string of the molecule is CCOP(=O)(CNc1cc(-n2cnc(C)c2)c(C(F)(F)F)cc1N)OCC. The first-order valence-electron chi connectivity index (χ1n) is 8.23. The van der Waals surface area contributed by atoms with E-state index in [2.05, 4.69) is 10.3 Å². The zero-order chi connectivity index (χ0) is 20.2. The number of rotatable bonds is 8. The number of anilines is 2. The van der Waals surface area contributed by atoms with Crippen LogP contribution in [0, 0.1) is 6.92 Å². The Morgan fingerprint density at radius 1 is 1.26 bits per heavy atom. The number of hydrogen-bond acceptors (Lipinski definition) is 6. The third kappa shape index (κ3) is 5.24. The summed E-state index contributed by atoms with van der Waals surface area (Å²) >= 11 is 0.